The van der Waals surface area contributed by atoms with Crippen LogP contribution in [0.5, 0.6) is 0 Å². The van der Waals surface area contributed by atoms with E-state index in [1.807, 2.05) is 0 Å². The Bertz CT molecular complexity index is 1140. The van der Waals surface area contributed by atoms with Gasteiger partial charge in [0.25, 0.3) is 0 Å². The van der Waals surface area contributed by atoms with Crippen molar-refractivity contribution in [1.82, 2.24) is 25.2 Å². The Morgan fingerprint density at radius 3 is 2.39 bits per heavy atom. The highest BCUT2D eigenvalue weighted by Crippen LogP contribution is 2.39. The molecule has 0 aliphatic carbocycles. The van der Waals surface area contributed by atoms with Crippen LogP contribution in [0.15, 0.2) is 38.7 Å². The molecule has 0 atom stereocenters. The minimum Gasteiger partial charge on any atom is -0.477 e. The number of alkyl halides is 3. The lowest BCUT2D eigenvalue weighted by atomic mass is 10.3. The number of thiazole rings is 1. The van der Waals surface area contributed by atoms with Gasteiger partial charge in [-0.3, -0.25) is 0 Å². The lowest BCUT2D eigenvalue weighted by molar-refractivity contribution is -0.141. The SMILES string of the molecule is NS(=O)(=O)c1ccc(-n2nnnc2Sc2nc(C(F)(F)F)c(C(=O)O)s2)cc1. The van der Waals surface area contributed by atoms with Crippen molar-refractivity contribution in [3.05, 3.63) is 34.8 Å². The lowest BCUT2D eigenvalue weighted by Crippen LogP contribution is -2.12. The molecule has 28 heavy (non-hydrogen) atoms. The molecule has 0 aliphatic heterocycles. The lowest BCUT2D eigenvalue weighted by Gasteiger charge is -2.04. The average Bonchev–Trinajstić information content (AvgIpc) is 3.21. The highest BCUT2D eigenvalue weighted by Gasteiger charge is 2.40. The summed E-state index contributed by atoms with van der Waals surface area (Å²) in [6.45, 7) is 0. The van der Waals surface area contributed by atoms with Gasteiger partial charge in [0.05, 0.1) is 10.6 Å². The van der Waals surface area contributed by atoms with Crippen LogP contribution in [-0.4, -0.2) is 44.7 Å². The molecule has 10 nitrogen and oxygen atoms in total. The third kappa shape index (κ3) is 4.13. The van der Waals surface area contributed by atoms with Crippen molar-refractivity contribution in [3.63, 3.8) is 0 Å². The van der Waals surface area contributed by atoms with Gasteiger partial charge >= 0.3 is 12.1 Å². The molecule has 1 aromatic carbocycles. The van der Waals surface area contributed by atoms with E-state index in [1.54, 1.807) is 0 Å². The number of benzene rings is 1. The van der Waals surface area contributed by atoms with Crippen molar-refractivity contribution in [2.75, 3.05) is 0 Å². The van der Waals surface area contributed by atoms with E-state index in [0.29, 0.717) is 28.8 Å². The van der Waals surface area contributed by atoms with Crippen LogP contribution in [0.4, 0.5) is 13.2 Å². The molecule has 0 fully saturated rings. The van der Waals surface area contributed by atoms with Gasteiger partial charge in [-0.05, 0) is 46.5 Å². The van der Waals surface area contributed by atoms with Crippen molar-refractivity contribution in [2.24, 2.45) is 5.14 Å². The van der Waals surface area contributed by atoms with Crippen molar-refractivity contribution in [2.45, 2.75) is 20.6 Å². The fourth-order valence-corrected chi connectivity index (χ4v) is 4.35. The quantitative estimate of drug-likeness (QED) is 0.588. The predicted octanol–water partition coefficient (Wildman–Crippen LogP) is 1.63. The van der Waals surface area contributed by atoms with E-state index in [1.165, 1.54) is 24.3 Å². The number of tetrazole rings is 1. The largest absolute Gasteiger partial charge is 0.477 e. The molecule has 3 aromatic rings. The molecular weight excluding hydrogens is 445 g/mol. The van der Waals surface area contributed by atoms with Gasteiger partial charge in [-0.2, -0.15) is 17.9 Å². The number of halogens is 3. The summed E-state index contributed by atoms with van der Waals surface area (Å²) in [6.07, 6.45) is -4.93. The number of hydrogen-bond acceptors (Lipinski definition) is 9. The molecule has 0 saturated heterocycles. The summed E-state index contributed by atoms with van der Waals surface area (Å²) in [6, 6.07) is 5.08. The van der Waals surface area contributed by atoms with Crippen LogP contribution in [0.1, 0.15) is 15.4 Å². The topological polar surface area (TPSA) is 154 Å². The van der Waals surface area contributed by atoms with Gasteiger partial charge in [0.2, 0.25) is 15.2 Å². The summed E-state index contributed by atoms with van der Waals surface area (Å²) in [5, 5.41) is 24.7. The Balaban J connectivity index is 1.94. The molecule has 3 N–H and O–H groups in total. The number of aromatic carboxylic acids is 1. The number of aromatic nitrogens is 5. The zero-order chi connectivity index (χ0) is 20.7. The molecule has 0 aliphatic rings. The fourth-order valence-electron chi connectivity index (χ4n) is 1.94. The van der Waals surface area contributed by atoms with Gasteiger partial charge in [-0.1, -0.05) is 11.3 Å². The normalized spacial score (nSPS) is 12.3. The van der Waals surface area contributed by atoms with E-state index in [4.69, 9.17) is 10.2 Å². The first-order valence-electron chi connectivity index (χ1n) is 6.87. The van der Waals surface area contributed by atoms with Crippen molar-refractivity contribution < 1.29 is 31.5 Å². The highest BCUT2D eigenvalue weighted by molar-refractivity contribution is 8.00. The zero-order valence-corrected chi connectivity index (χ0v) is 15.6. The molecular formula is C12H7F3N6O4S3. The van der Waals surface area contributed by atoms with E-state index in [-0.39, 0.29) is 14.4 Å². The van der Waals surface area contributed by atoms with E-state index < -0.39 is 32.7 Å². The third-order valence-corrected chi connectivity index (χ3v) is 6.07. The molecule has 0 unspecified atom stereocenters. The minimum absolute atomic E-state index is 0.0113. The second kappa shape index (κ2) is 7.12. The first-order valence-corrected chi connectivity index (χ1v) is 10.1. The van der Waals surface area contributed by atoms with Crippen LogP contribution in [0.25, 0.3) is 5.69 Å². The Morgan fingerprint density at radius 2 is 1.89 bits per heavy atom. The number of sulfonamides is 1. The smallest absolute Gasteiger partial charge is 0.435 e. The molecule has 0 bridgehead atoms. The molecule has 3 rings (SSSR count). The third-order valence-electron chi connectivity index (χ3n) is 3.10. The first kappa shape index (κ1) is 20.2. The van der Waals surface area contributed by atoms with Crippen LogP contribution in [0.2, 0.25) is 0 Å². The number of carboxylic acid groups (broad SMARTS) is 1. The maximum Gasteiger partial charge on any atom is 0.435 e. The maximum atomic E-state index is 12.9. The molecule has 148 valence electrons. The zero-order valence-electron chi connectivity index (χ0n) is 13.2. The summed E-state index contributed by atoms with van der Waals surface area (Å²) in [4.78, 5) is 13.3. The van der Waals surface area contributed by atoms with Gasteiger partial charge in [0.1, 0.15) is 4.88 Å². The minimum atomic E-state index is -4.93. The van der Waals surface area contributed by atoms with Crippen LogP contribution < -0.4 is 5.14 Å². The van der Waals surface area contributed by atoms with Gasteiger partial charge in [-0.15, -0.1) is 5.10 Å². The van der Waals surface area contributed by atoms with Gasteiger partial charge < -0.3 is 5.11 Å². The van der Waals surface area contributed by atoms with Crippen LogP contribution in [0.3, 0.4) is 0 Å². The number of carbonyl (C=O) groups is 1. The maximum absolute atomic E-state index is 12.9. The van der Waals surface area contributed by atoms with Crippen molar-refractivity contribution >= 4 is 39.1 Å². The molecule has 0 amide bonds. The van der Waals surface area contributed by atoms with Crippen LogP contribution in [-0.2, 0) is 16.2 Å². The van der Waals surface area contributed by atoms with E-state index >= 15 is 0 Å². The average molecular weight is 452 g/mol. The first-order chi connectivity index (χ1) is 13.0. The monoisotopic (exact) mass is 452 g/mol. The highest BCUT2D eigenvalue weighted by atomic mass is 32.2. The Hall–Kier alpha value is -2.56. The van der Waals surface area contributed by atoms with E-state index in [9.17, 15) is 26.4 Å². The standard InChI is InChI=1S/C12H7F3N6O4S3/c13-12(14,15)8-7(9(22)23)26-11(17-8)27-10-18-19-20-21(10)5-1-3-6(4-2-5)28(16,24)25/h1-4H,(H,22,23)(H2,16,24,25). The summed E-state index contributed by atoms with van der Waals surface area (Å²) < 4.78 is 62.3. The molecule has 0 radical (unpaired) electrons. The van der Waals surface area contributed by atoms with Gasteiger partial charge in [0, 0.05) is 0 Å². The second-order valence-electron chi connectivity index (χ2n) is 4.97. The van der Waals surface area contributed by atoms with Crippen LogP contribution in [0, 0.1) is 0 Å². The Kier molecular flexibility index (Phi) is 5.13. The van der Waals surface area contributed by atoms with E-state index in [2.05, 4.69) is 20.5 Å². The number of nitrogens with zero attached hydrogens (tertiary/aromatic N) is 5. The number of nitrogens with two attached hydrogens (primary N) is 1. The summed E-state index contributed by atoms with van der Waals surface area (Å²) in [7, 11) is -3.91. The molecule has 2 heterocycles. The molecule has 2 aromatic heterocycles. The second-order valence-corrected chi connectivity index (χ2v) is 8.75. The number of hydrogen-bond donors (Lipinski definition) is 2. The predicted molar refractivity (Wildman–Crippen MR) is 88.7 cm³/mol. The molecule has 16 heteroatoms. The van der Waals surface area contributed by atoms with Gasteiger partial charge in [0.15, 0.2) is 10.0 Å². The summed E-state index contributed by atoms with van der Waals surface area (Å²) in [5.41, 5.74) is -1.21. The molecule has 0 saturated carbocycles. The molecule has 0 spiro atoms. The Labute approximate surface area is 162 Å². The number of primary sulfonamides is 1. The van der Waals surface area contributed by atoms with Crippen LogP contribution >= 0.6 is 23.1 Å². The number of carboxylic acids is 1. The fraction of sp³-hybridized carbons (Fsp3) is 0.0833. The summed E-state index contributed by atoms with van der Waals surface area (Å²) in [5.74, 6) is -1.75. The van der Waals surface area contributed by atoms with Crippen molar-refractivity contribution in [1.29, 1.82) is 0 Å². The summed E-state index contributed by atoms with van der Waals surface area (Å²) >= 11 is 0.952. The van der Waals surface area contributed by atoms with Crippen molar-refractivity contribution in [3.8, 4) is 5.69 Å². The van der Waals surface area contributed by atoms with Gasteiger partial charge in [-0.25, -0.2) is 23.3 Å². The number of rotatable bonds is 5. The Morgan fingerprint density at radius 1 is 1.25 bits per heavy atom. The van der Waals surface area contributed by atoms with E-state index in [0.717, 1.165) is 4.68 Å².